The molecule has 3 heterocycles. The molecule has 0 aliphatic carbocycles. The molecule has 0 bridgehead atoms. The summed E-state index contributed by atoms with van der Waals surface area (Å²) in [5.41, 5.74) is 3.74. The molecule has 5 heteroatoms. The van der Waals surface area contributed by atoms with E-state index in [1.54, 1.807) is 0 Å². The van der Waals surface area contributed by atoms with E-state index < -0.39 is 0 Å². The van der Waals surface area contributed by atoms with Gasteiger partial charge in [0.05, 0.1) is 5.52 Å². The molecule has 0 aliphatic heterocycles. The molecule has 18 heavy (non-hydrogen) atoms. The molecule has 0 spiro atoms. The van der Waals surface area contributed by atoms with Crippen molar-refractivity contribution >= 4 is 22.3 Å². The van der Waals surface area contributed by atoms with Gasteiger partial charge in [-0.1, -0.05) is 13.8 Å². The van der Waals surface area contributed by atoms with Crippen molar-refractivity contribution in [2.45, 2.75) is 26.7 Å². The SMILES string of the molecule is CCc1nc2nc3c(cc2n1C)nc(CC)n3C. The zero-order chi connectivity index (χ0) is 12.9. The van der Waals surface area contributed by atoms with E-state index in [1.165, 1.54) is 0 Å². The van der Waals surface area contributed by atoms with Crippen LogP contribution in [0.25, 0.3) is 22.3 Å². The van der Waals surface area contributed by atoms with Crippen LogP contribution in [0.1, 0.15) is 25.5 Å². The summed E-state index contributed by atoms with van der Waals surface area (Å²) in [5.74, 6) is 2.12. The van der Waals surface area contributed by atoms with E-state index in [0.717, 1.165) is 46.8 Å². The van der Waals surface area contributed by atoms with Crippen LogP contribution in [-0.4, -0.2) is 24.1 Å². The highest BCUT2D eigenvalue weighted by molar-refractivity contribution is 5.86. The average molecular weight is 243 g/mol. The second-order valence-electron chi connectivity index (χ2n) is 4.56. The van der Waals surface area contributed by atoms with E-state index >= 15 is 0 Å². The quantitative estimate of drug-likeness (QED) is 0.691. The average Bonchev–Trinajstić information content (AvgIpc) is 2.86. The number of aromatic nitrogens is 5. The maximum atomic E-state index is 4.64. The predicted molar refractivity (Wildman–Crippen MR) is 71.5 cm³/mol. The summed E-state index contributed by atoms with van der Waals surface area (Å²) < 4.78 is 4.15. The van der Waals surface area contributed by atoms with E-state index in [1.807, 2.05) is 14.1 Å². The minimum absolute atomic E-state index is 0.813. The highest BCUT2D eigenvalue weighted by Crippen LogP contribution is 2.20. The molecule has 3 rings (SSSR count). The number of hydrogen-bond acceptors (Lipinski definition) is 3. The van der Waals surface area contributed by atoms with Gasteiger partial charge in [0, 0.05) is 26.9 Å². The Balaban J connectivity index is 2.38. The zero-order valence-corrected chi connectivity index (χ0v) is 11.2. The van der Waals surface area contributed by atoms with E-state index in [-0.39, 0.29) is 0 Å². The summed E-state index contributed by atoms with van der Waals surface area (Å²) in [6.45, 7) is 4.21. The standard InChI is InChI=1S/C13H17N5/c1-5-10-14-8-7-9-12(16-13(8)18(10)4)15-11(6-2)17(9)3/h7H,5-6H2,1-4H3. The highest BCUT2D eigenvalue weighted by atomic mass is 15.1. The molecule has 3 aromatic heterocycles. The molecule has 5 nitrogen and oxygen atoms in total. The second-order valence-corrected chi connectivity index (χ2v) is 4.56. The van der Waals surface area contributed by atoms with Crippen molar-refractivity contribution in [2.75, 3.05) is 0 Å². The lowest BCUT2D eigenvalue weighted by molar-refractivity contribution is 0.820. The van der Waals surface area contributed by atoms with Gasteiger partial charge < -0.3 is 9.13 Å². The van der Waals surface area contributed by atoms with Gasteiger partial charge in [-0.3, -0.25) is 0 Å². The molecule has 0 aromatic carbocycles. The molecule has 0 saturated carbocycles. The number of nitrogens with zero attached hydrogens (tertiary/aromatic N) is 5. The van der Waals surface area contributed by atoms with Crippen LogP contribution in [0.5, 0.6) is 0 Å². The maximum Gasteiger partial charge on any atom is 0.180 e. The van der Waals surface area contributed by atoms with Crippen molar-refractivity contribution in [3.8, 4) is 0 Å². The van der Waals surface area contributed by atoms with Gasteiger partial charge in [0.15, 0.2) is 11.3 Å². The largest absolute Gasteiger partial charge is 0.330 e. The first kappa shape index (κ1) is 11.2. The van der Waals surface area contributed by atoms with Gasteiger partial charge in [0.2, 0.25) is 0 Å². The molecular weight excluding hydrogens is 226 g/mol. The lowest BCUT2D eigenvalue weighted by atomic mass is 10.4. The minimum atomic E-state index is 0.813. The summed E-state index contributed by atoms with van der Waals surface area (Å²) in [5, 5.41) is 0. The normalized spacial score (nSPS) is 11.8. The summed E-state index contributed by atoms with van der Waals surface area (Å²) in [4.78, 5) is 13.8. The fourth-order valence-electron chi connectivity index (χ4n) is 2.44. The van der Waals surface area contributed by atoms with E-state index in [9.17, 15) is 0 Å². The lowest BCUT2D eigenvalue weighted by Gasteiger charge is -1.98. The van der Waals surface area contributed by atoms with Crippen LogP contribution in [0.15, 0.2) is 6.07 Å². The van der Waals surface area contributed by atoms with Crippen LogP contribution in [0, 0.1) is 0 Å². The third kappa shape index (κ3) is 1.36. The van der Waals surface area contributed by atoms with Crippen LogP contribution in [-0.2, 0) is 26.9 Å². The first-order chi connectivity index (χ1) is 8.65. The second kappa shape index (κ2) is 3.80. The molecule has 94 valence electrons. The van der Waals surface area contributed by atoms with Crippen molar-refractivity contribution in [1.29, 1.82) is 0 Å². The van der Waals surface area contributed by atoms with E-state index in [2.05, 4.69) is 44.0 Å². The van der Waals surface area contributed by atoms with Gasteiger partial charge >= 0.3 is 0 Å². The highest BCUT2D eigenvalue weighted by Gasteiger charge is 2.13. The molecule has 0 N–H and O–H groups in total. The lowest BCUT2D eigenvalue weighted by Crippen LogP contribution is -1.96. The Morgan fingerprint density at radius 2 is 1.61 bits per heavy atom. The number of hydrogen-bond donors (Lipinski definition) is 0. The van der Waals surface area contributed by atoms with Crippen LogP contribution in [0.4, 0.5) is 0 Å². The molecule has 0 unspecified atom stereocenters. The minimum Gasteiger partial charge on any atom is -0.330 e. The summed E-state index contributed by atoms with van der Waals surface area (Å²) >= 11 is 0. The number of rotatable bonds is 2. The van der Waals surface area contributed by atoms with Crippen LogP contribution in [0.3, 0.4) is 0 Å². The van der Waals surface area contributed by atoms with Gasteiger partial charge in [0.25, 0.3) is 0 Å². The Morgan fingerprint density at radius 1 is 0.944 bits per heavy atom. The predicted octanol–water partition coefficient (Wildman–Crippen LogP) is 1.98. The smallest absolute Gasteiger partial charge is 0.180 e. The fraction of sp³-hybridized carbons (Fsp3) is 0.462. The number of imidazole rings is 2. The van der Waals surface area contributed by atoms with Crippen LogP contribution in [0.2, 0.25) is 0 Å². The molecule has 0 fully saturated rings. The summed E-state index contributed by atoms with van der Waals surface area (Å²) in [7, 11) is 4.04. The number of aryl methyl sites for hydroxylation is 4. The number of fused-ring (bicyclic) bond motifs is 2. The Labute approximate surface area is 105 Å². The molecule has 3 aromatic rings. The molecular formula is C13H17N5. The van der Waals surface area contributed by atoms with Crippen molar-refractivity contribution in [3.63, 3.8) is 0 Å². The van der Waals surface area contributed by atoms with Crippen molar-refractivity contribution < 1.29 is 0 Å². The van der Waals surface area contributed by atoms with Crippen molar-refractivity contribution in [3.05, 3.63) is 17.7 Å². The Kier molecular flexibility index (Phi) is 2.36. The Bertz CT molecular complexity index is 671. The first-order valence-corrected chi connectivity index (χ1v) is 6.33. The van der Waals surface area contributed by atoms with Gasteiger partial charge in [-0.2, -0.15) is 0 Å². The first-order valence-electron chi connectivity index (χ1n) is 6.33. The maximum absolute atomic E-state index is 4.64. The molecule has 0 aliphatic rings. The van der Waals surface area contributed by atoms with E-state index in [0.29, 0.717) is 0 Å². The zero-order valence-electron chi connectivity index (χ0n) is 11.2. The molecule has 0 amide bonds. The fourth-order valence-corrected chi connectivity index (χ4v) is 2.44. The van der Waals surface area contributed by atoms with Crippen LogP contribution < -0.4 is 0 Å². The van der Waals surface area contributed by atoms with Crippen molar-refractivity contribution in [2.24, 2.45) is 14.1 Å². The molecule has 0 saturated heterocycles. The van der Waals surface area contributed by atoms with Gasteiger partial charge in [-0.15, -0.1) is 0 Å². The summed E-state index contributed by atoms with van der Waals surface area (Å²) in [6, 6.07) is 2.09. The van der Waals surface area contributed by atoms with E-state index in [4.69, 9.17) is 0 Å². The summed E-state index contributed by atoms with van der Waals surface area (Å²) in [6.07, 6.45) is 1.83. The van der Waals surface area contributed by atoms with Gasteiger partial charge in [-0.05, 0) is 6.07 Å². The topological polar surface area (TPSA) is 48.5 Å². The van der Waals surface area contributed by atoms with Gasteiger partial charge in [0.1, 0.15) is 17.2 Å². The van der Waals surface area contributed by atoms with Gasteiger partial charge in [-0.25, -0.2) is 15.0 Å². The Morgan fingerprint density at radius 3 is 2.28 bits per heavy atom. The monoisotopic (exact) mass is 243 g/mol. The Hall–Kier alpha value is -1.91. The number of pyridine rings is 1. The van der Waals surface area contributed by atoms with Crippen LogP contribution >= 0.6 is 0 Å². The molecule has 0 atom stereocenters. The van der Waals surface area contributed by atoms with Crippen molar-refractivity contribution in [1.82, 2.24) is 24.1 Å². The third-order valence-corrected chi connectivity index (χ3v) is 3.51. The molecule has 0 radical (unpaired) electrons. The third-order valence-electron chi connectivity index (χ3n) is 3.51.